The fourth-order valence-electron chi connectivity index (χ4n) is 3.89. The van der Waals surface area contributed by atoms with E-state index in [-0.39, 0.29) is 16.8 Å². The van der Waals surface area contributed by atoms with E-state index in [0.717, 1.165) is 30.4 Å². The van der Waals surface area contributed by atoms with Crippen molar-refractivity contribution < 1.29 is 4.39 Å². The molecular weight excluding hydrogens is 285 g/mol. The summed E-state index contributed by atoms with van der Waals surface area (Å²) in [5.74, 6) is 1.65. The van der Waals surface area contributed by atoms with Crippen molar-refractivity contribution in [2.45, 2.75) is 52.0 Å². The highest BCUT2D eigenvalue weighted by atomic mass is 35.5. The van der Waals surface area contributed by atoms with Gasteiger partial charge in [0, 0.05) is 17.1 Å². The van der Waals surface area contributed by atoms with E-state index in [4.69, 9.17) is 11.6 Å². The summed E-state index contributed by atoms with van der Waals surface area (Å²) < 4.78 is 14.1. The normalized spacial score (nSPS) is 31.3. The molecule has 0 spiro atoms. The van der Waals surface area contributed by atoms with Crippen LogP contribution in [0.2, 0.25) is 5.02 Å². The van der Waals surface area contributed by atoms with Gasteiger partial charge in [0.2, 0.25) is 0 Å². The Bertz CT molecular complexity index is 525. The van der Waals surface area contributed by atoms with Crippen molar-refractivity contribution in [3.63, 3.8) is 0 Å². The summed E-state index contributed by atoms with van der Waals surface area (Å²) in [5.41, 5.74) is 1.08. The second-order valence-electron chi connectivity index (χ2n) is 8.18. The molecule has 1 aromatic carbocycles. The van der Waals surface area contributed by atoms with Gasteiger partial charge in [-0.25, -0.2) is 4.39 Å². The molecule has 1 aromatic rings. The highest BCUT2D eigenvalue weighted by Crippen LogP contribution is 2.60. The van der Waals surface area contributed by atoms with Crippen LogP contribution in [0.3, 0.4) is 0 Å². The SMILES string of the molecule is CC(C)(C)NCC1(Cc2cc(Cl)ccc2F)CC2CC2C1. The van der Waals surface area contributed by atoms with Gasteiger partial charge in [-0.1, -0.05) is 11.6 Å². The maximum absolute atomic E-state index is 14.1. The summed E-state index contributed by atoms with van der Waals surface area (Å²) in [6.07, 6.45) is 4.64. The van der Waals surface area contributed by atoms with E-state index in [1.807, 2.05) is 0 Å². The van der Waals surface area contributed by atoms with Gasteiger partial charge in [-0.05, 0) is 87.5 Å². The first kappa shape index (κ1) is 15.3. The highest BCUT2D eigenvalue weighted by Gasteiger charge is 2.53. The molecule has 3 rings (SSSR count). The third-order valence-electron chi connectivity index (χ3n) is 5.03. The minimum absolute atomic E-state index is 0.104. The smallest absolute Gasteiger partial charge is 0.126 e. The van der Waals surface area contributed by atoms with E-state index in [1.165, 1.54) is 25.3 Å². The van der Waals surface area contributed by atoms with Crippen LogP contribution in [0.15, 0.2) is 18.2 Å². The molecule has 2 unspecified atom stereocenters. The molecule has 21 heavy (non-hydrogen) atoms. The molecule has 1 nitrogen and oxygen atoms in total. The Kier molecular flexibility index (Phi) is 3.82. The molecule has 0 amide bonds. The fourth-order valence-corrected chi connectivity index (χ4v) is 4.09. The molecule has 3 heteroatoms. The summed E-state index contributed by atoms with van der Waals surface area (Å²) >= 11 is 6.05. The lowest BCUT2D eigenvalue weighted by Gasteiger charge is -2.35. The van der Waals surface area contributed by atoms with E-state index >= 15 is 0 Å². The zero-order valence-electron chi connectivity index (χ0n) is 13.2. The van der Waals surface area contributed by atoms with Gasteiger partial charge in [-0.15, -0.1) is 0 Å². The second-order valence-corrected chi connectivity index (χ2v) is 8.62. The Morgan fingerprint density at radius 3 is 2.57 bits per heavy atom. The second kappa shape index (κ2) is 5.24. The number of hydrogen-bond acceptors (Lipinski definition) is 1. The molecule has 2 aliphatic carbocycles. The van der Waals surface area contributed by atoms with Crippen LogP contribution in [0.4, 0.5) is 4.39 Å². The largest absolute Gasteiger partial charge is 0.312 e. The number of hydrogen-bond donors (Lipinski definition) is 1. The van der Waals surface area contributed by atoms with Crippen molar-refractivity contribution in [3.05, 3.63) is 34.6 Å². The topological polar surface area (TPSA) is 12.0 Å². The third kappa shape index (κ3) is 3.60. The first-order valence-corrected chi connectivity index (χ1v) is 8.33. The number of benzene rings is 1. The van der Waals surface area contributed by atoms with Gasteiger partial charge in [0.05, 0.1) is 0 Å². The first-order valence-electron chi connectivity index (χ1n) is 7.95. The van der Waals surface area contributed by atoms with Crippen LogP contribution in [-0.2, 0) is 6.42 Å². The molecule has 0 aliphatic heterocycles. The molecule has 0 bridgehead atoms. The zero-order valence-corrected chi connectivity index (χ0v) is 13.9. The summed E-state index contributed by atoms with van der Waals surface area (Å²) in [6, 6.07) is 4.94. The standard InChI is InChI=1S/C18H25ClFN/c1-17(2,3)21-11-18(8-12-6-13(12)9-18)10-14-7-15(19)4-5-16(14)20/h4-5,7,12-13,21H,6,8-11H2,1-3H3. The quantitative estimate of drug-likeness (QED) is 0.840. The lowest BCUT2D eigenvalue weighted by molar-refractivity contribution is 0.220. The number of nitrogens with one attached hydrogen (secondary N) is 1. The van der Waals surface area contributed by atoms with E-state index < -0.39 is 0 Å². The van der Waals surface area contributed by atoms with Gasteiger partial charge in [-0.2, -0.15) is 0 Å². The fraction of sp³-hybridized carbons (Fsp3) is 0.667. The van der Waals surface area contributed by atoms with Gasteiger partial charge in [0.15, 0.2) is 0 Å². The van der Waals surface area contributed by atoms with Crippen molar-refractivity contribution in [3.8, 4) is 0 Å². The monoisotopic (exact) mass is 309 g/mol. The van der Waals surface area contributed by atoms with E-state index in [9.17, 15) is 4.39 Å². The van der Waals surface area contributed by atoms with E-state index in [0.29, 0.717) is 5.02 Å². The Morgan fingerprint density at radius 1 is 1.29 bits per heavy atom. The maximum Gasteiger partial charge on any atom is 0.126 e. The predicted molar refractivity (Wildman–Crippen MR) is 86.1 cm³/mol. The average molecular weight is 310 g/mol. The molecule has 2 aliphatic rings. The Balaban J connectivity index is 1.78. The molecule has 116 valence electrons. The number of halogens is 2. The molecule has 0 radical (unpaired) electrons. The first-order chi connectivity index (χ1) is 9.76. The summed E-state index contributed by atoms with van der Waals surface area (Å²) in [6.45, 7) is 7.54. The van der Waals surface area contributed by atoms with Crippen molar-refractivity contribution >= 4 is 11.6 Å². The van der Waals surface area contributed by atoms with Gasteiger partial charge < -0.3 is 5.32 Å². The Hall–Kier alpha value is -0.600. The van der Waals surface area contributed by atoms with Crippen LogP contribution in [0.25, 0.3) is 0 Å². The van der Waals surface area contributed by atoms with Gasteiger partial charge in [0.25, 0.3) is 0 Å². The highest BCUT2D eigenvalue weighted by molar-refractivity contribution is 6.30. The lowest BCUT2D eigenvalue weighted by atomic mass is 9.76. The van der Waals surface area contributed by atoms with Crippen LogP contribution < -0.4 is 5.32 Å². The van der Waals surface area contributed by atoms with Crippen molar-refractivity contribution in [1.82, 2.24) is 5.32 Å². The zero-order chi connectivity index (χ0) is 15.3. The van der Waals surface area contributed by atoms with Crippen molar-refractivity contribution in [2.75, 3.05) is 6.54 Å². The summed E-state index contributed by atoms with van der Waals surface area (Å²) in [7, 11) is 0. The minimum atomic E-state index is -0.116. The van der Waals surface area contributed by atoms with Crippen LogP contribution in [0.1, 0.15) is 45.6 Å². The van der Waals surface area contributed by atoms with Crippen LogP contribution in [-0.4, -0.2) is 12.1 Å². The predicted octanol–water partition coefficient (Wildman–Crippen LogP) is 4.83. The maximum atomic E-state index is 14.1. The van der Waals surface area contributed by atoms with Gasteiger partial charge in [-0.3, -0.25) is 0 Å². The Morgan fingerprint density at radius 2 is 1.95 bits per heavy atom. The van der Waals surface area contributed by atoms with E-state index in [1.54, 1.807) is 12.1 Å². The molecule has 0 saturated heterocycles. The van der Waals surface area contributed by atoms with Crippen molar-refractivity contribution in [2.24, 2.45) is 17.3 Å². The van der Waals surface area contributed by atoms with Gasteiger partial charge in [0.1, 0.15) is 5.82 Å². The Labute approximate surface area is 132 Å². The molecule has 1 N–H and O–H groups in total. The van der Waals surface area contributed by atoms with E-state index in [2.05, 4.69) is 26.1 Å². The lowest BCUT2D eigenvalue weighted by Crippen LogP contribution is -2.44. The van der Waals surface area contributed by atoms with Crippen LogP contribution >= 0.6 is 11.6 Å². The third-order valence-corrected chi connectivity index (χ3v) is 5.26. The minimum Gasteiger partial charge on any atom is -0.312 e. The number of fused-ring (bicyclic) bond motifs is 1. The summed E-state index contributed by atoms with van der Waals surface area (Å²) in [5, 5.41) is 4.28. The molecule has 2 fully saturated rings. The summed E-state index contributed by atoms with van der Waals surface area (Å²) in [4.78, 5) is 0. The van der Waals surface area contributed by atoms with Crippen LogP contribution in [0, 0.1) is 23.1 Å². The molecular formula is C18H25ClFN. The van der Waals surface area contributed by atoms with Gasteiger partial charge >= 0.3 is 0 Å². The average Bonchev–Trinajstić information content (AvgIpc) is 2.99. The molecule has 0 aromatic heterocycles. The molecule has 2 atom stereocenters. The van der Waals surface area contributed by atoms with Crippen LogP contribution in [0.5, 0.6) is 0 Å². The molecule has 0 heterocycles. The molecule has 2 saturated carbocycles. The number of rotatable bonds is 4. The van der Waals surface area contributed by atoms with Crippen molar-refractivity contribution in [1.29, 1.82) is 0 Å².